The number of benzene rings is 1. The molecule has 0 N–H and O–H groups in total. The Morgan fingerprint density at radius 2 is 1.79 bits per heavy atom. The number of nitrogens with zero attached hydrogens (tertiary/aromatic N) is 2. The number of hydrogen-bond donors (Lipinski definition) is 0. The third-order valence-corrected chi connectivity index (χ3v) is 4.63. The Balaban J connectivity index is 1.94. The van der Waals surface area contributed by atoms with Gasteiger partial charge in [0.15, 0.2) is 0 Å². The molecule has 0 aliphatic rings. The van der Waals surface area contributed by atoms with E-state index in [1.807, 2.05) is 33.2 Å². The molecule has 7 heteroatoms. The molecule has 0 aliphatic heterocycles. The third-order valence-electron chi connectivity index (χ3n) is 4.63. The number of esters is 1. The Morgan fingerprint density at radius 1 is 1.07 bits per heavy atom. The van der Waals surface area contributed by atoms with E-state index in [4.69, 9.17) is 9.47 Å². The first-order chi connectivity index (χ1) is 13.8. The quantitative estimate of drug-likeness (QED) is 0.343. The minimum Gasteiger partial charge on any atom is -0.428 e. The third kappa shape index (κ3) is 7.02. The van der Waals surface area contributed by atoms with Gasteiger partial charge in [0.05, 0.1) is 5.52 Å². The van der Waals surface area contributed by atoms with Crippen LogP contribution in [-0.4, -0.2) is 54.7 Å². The van der Waals surface area contributed by atoms with E-state index < -0.39 is 18.9 Å². The second-order valence-electron chi connectivity index (χ2n) is 7.55. The van der Waals surface area contributed by atoms with Gasteiger partial charge in [-0.1, -0.05) is 11.6 Å². The number of rotatable bonds is 10. The van der Waals surface area contributed by atoms with Gasteiger partial charge in [0, 0.05) is 31.0 Å². The number of fused-ring (bicyclic) bond motifs is 1. The first kappa shape index (κ1) is 22.6. The standard InChI is InChI=1S/C22H30N2O5/c1-16-9-10-20-19(13-16)18(11-12-23(3)4)14-24(20)22(27)29-15-28-21(26)8-6-5-7-17(2)25/h9-10,13-14H,5-8,11-12,15H2,1-4H3. The topological polar surface area (TPSA) is 77.8 Å². The van der Waals surface area contributed by atoms with Crippen LogP contribution in [0.3, 0.4) is 0 Å². The minimum absolute atomic E-state index is 0.103. The summed E-state index contributed by atoms with van der Waals surface area (Å²) in [5, 5.41) is 1.02. The molecule has 2 rings (SSSR count). The maximum Gasteiger partial charge on any atom is 0.421 e. The van der Waals surface area contributed by atoms with Crippen LogP contribution in [-0.2, 0) is 25.5 Å². The normalized spacial score (nSPS) is 11.1. The highest BCUT2D eigenvalue weighted by Gasteiger charge is 2.16. The van der Waals surface area contributed by atoms with Gasteiger partial charge >= 0.3 is 12.1 Å². The van der Waals surface area contributed by atoms with Gasteiger partial charge in [0.25, 0.3) is 0 Å². The highest BCUT2D eigenvalue weighted by molar-refractivity contribution is 5.92. The molecule has 0 unspecified atom stereocenters. The van der Waals surface area contributed by atoms with Crippen molar-refractivity contribution in [2.24, 2.45) is 0 Å². The van der Waals surface area contributed by atoms with E-state index in [-0.39, 0.29) is 12.2 Å². The van der Waals surface area contributed by atoms with Gasteiger partial charge < -0.3 is 19.2 Å². The van der Waals surface area contributed by atoms with Gasteiger partial charge in [-0.25, -0.2) is 4.79 Å². The highest BCUT2D eigenvalue weighted by Crippen LogP contribution is 2.24. The van der Waals surface area contributed by atoms with Gasteiger partial charge in [-0.15, -0.1) is 0 Å². The van der Waals surface area contributed by atoms with Crippen molar-refractivity contribution in [1.82, 2.24) is 9.47 Å². The van der Waals surface area contributed by atoms with Crippen LogP contribution in [0.5, 0.6) is 0 Å². The predicted molar refractivity (Wildman–Crippen MR) is 111 cm³/mol. The van der Waals surface area contributed by atoms with Crippen molar-refractivity contribution in [2.45, 2.75) is 46.0 Å². The van der Waals surface area contributed by atoms with Crippen LogP contribution >= 0.6 is 0 Å². The number of unbranched alkanes of at least 4 members (excludes halogenated alkanes) is 1. The molecule has 0 radical (unpaired) electrons. The van der Waals surface area contributed by atoms with Crippen LogP contribution in [0.25, 0.3) is 10.9 Å². The molecule has 1 aromatic heterocycles. The van der Waals surface area contributed by atoms with Crippen molar-refractivity contribution in [1.29, 1.82) is 0 Å². The minimum atomic E-state index is -0.584. The number of Topliss-reactive ketones (excluding diaryl/α,β-unsaturated/α-hetero) is 1. The molecule has 0 aliphatic carbocycles. The molecular weight excluding hydrogens is 372 g/mol. The average molecular weight is 402 g/mol. The van der Waals surface area contributed by atoms with Crippen molar-refractivity contribution in [3.8, 4) is 0 Å². The molecule has 1 aromatic carbocycles. The second kappa shape index (κ2) is 10.8. The van der Waals surface area contributed by atoms with Crippen LogP contribution in [0.2, 0.25) is 0 Å². The van der Waals surface area contributed by atoms with Crippen LogP contribution in [0.4, 0.5) is 4.79 Å². The monoisotopic (exact) mass is 402 g/mol. The van der Waals surface area contributed by atoms with E-state index >= 15 is 0 Å². The Morgan fingerprint density at radius 3 is 2.48 bits per heavy atom. The fraction of sp³-hybridized carbons (Fsp3) is 0.500. The molecular formula is C22H30N2O5. The SMILES string of the molecule is CC(=O)CCCCC(=O)OCOC(=O)n1cc(CCN(C)C)c2cc(C)ccc21. The van der Waals surface area contributed by atoms with Crippen LogP contribution in [0, 0.1) is 6.92 Å². The number of likely N-dealkylation sites (N-methyl/N-ethyl adjacent to an activating group) is 1. The molecule has 1 heterocycles. The summed E-state index contributed by atoms with van der Waals surface area (Å²) in [5.74, 6) is -0.340. The fourth-order valence-electron chi connectivity index (χ4n) is 3.04. The summed E-state index contributed by atoms with van der Waals surface area (Å²) in [7, 11) is 4.01. The van der Waals surface area contributed by atoms with Crippen molar-refractivity contribution in [3.63, 3.8) is 0 Å². The highest BCUT2D eigenvalue weighted by atomic mass is 16.7. The zero-order valence-electron chi connectivity index (χ0n) is 17.7. The van der Waals surface area contributed by atoms with Crippen molar-refractivity contribution >= 4 is 28.7 Å². The lowest BCUT2D eigenvalue weighted by molar-refractivity contribution is -0.152. The molecule has 0 saturated carbocycles. The van der Waals surface area contributed by atoms with Gasteiger partial charge in [-0.2, -0.15) is 0 Å². The first-order valence-corrected chi connectivity index (χ1v) is 9.85. The summed E-state index contributed by atoms with van der Waals surface area (Å²) in [6.45, 7) is 3.98. The van der Waals surface area contributed by atoms with Crippen molar-refractivity contribution in [3.05, 3.63) is 35.5 Å². The van der Waals surface area contributed by atoms with E-state index in [0.29, 0.717) is 19.3 Å². The molecule has 0 fully saturated rings. The molecule has 2 aromatic rings. The zero-order valence-corrected chi connectivity index (χ0v) is 17.7. The lowest BCUT2D eigenvalue weighted by atomic mass is 10.1. The fourth-order valence-corrected chi connectivity index (χ4v) is 3.04. The van der Waals surface area contributed by atoms with E-state index in [1.165, 1.54) is 11.5 Å². The summed E-state index contributed by atoms with van der Waals surface area (Å²) < 4.78 is 11.6. The molecule has 29 heavy (non-hydrogen) atoms. The second-order valence-corrected chi connectivity index (χ2v) is 7.55. The molecule has 158 valence electrons. The zero-order chi connectivity index (χ0) is 21.4. The number of carbonyl (C=O) groups is 3. The lowest BCUT2D eigenvalue weighted by Crippen LogP contribution is -2.17. The van der Waals surface area contributed by atoms with Crippen LogP contribution in [0.15, 0.2) is 24.4 Å². The Kier molecular flexibility index (Phi) is 8.39. The van der Waals surface area contributed by atoms with E-state index in [1.54, 1.807) is 6.20 Å². The van der Waals surface area contributed by atoms with E-state index in [9.17, 15) is 14.4 Å². The van der Waals surface area contributed by atoms with Crippen LogP contribution < -0.4 is 0 Å². The Bertz CT molecular complexity index is 869. The van der Waals surface area contributed by atoms with E-state index in [2.05, 4.69) is 11.0 Å². The smallest absolute Gasteiger partial charge is 0.421 e. The number of aromatic nitrogens is 1. The van der Waals surface area contributed by atoms with Crippen LogP contribution in [0.1, 0.15) is 43.7 Å². The molecule has 0 amide bonds. The molecule has 0 atom stereocenters. The number of ether oxygens (including phenoxy) is 2. The van der Waals surface area contributed by atoms with E-state index in [0.717, 1.165) is 35.0 Å². The maximum absolute atomic E-state index is 12.5. The van der Waals surface area contributed by atoms with Crippen molar-refractivity contribution < 1.29 is 23.9 Å². The number of carbonyl (C=O) groups excluding carboxylic acids is 3. The molecule has 7 nitrogen and oxygen atoms in total. The van der Waals surface area contributed by atoms with Gasteiger partial charge in [0.1, 0.15) is 5.78 Å². The number of ketones is 1. The average Bonchev–Trinajstić information content (AvgIpc) is 3.01. The van der Waals surface area contributed by atoms with Gasteiger partial charge in [-0.3, -0.25) is 9.36 Å². The predicted octanol–water partition coefficient (Wildman–Crippen LogP) is 3.69. The molecule has 0 bridgehead atoms. The maximum atomic E-state index is 12.5. The summed E-state index contributed by atoms with van der Waals surface area (Å²) >= 11 is 0. The lowest BCUT2D eigenvalue weighted by Gasteiger charge is -2.08. The first-order valence-electron chi connectivity index (χ1n) is 9.85. The van der Waals surface area contributed by atoms with Crippen molar-refractivity contribution in [2.75, 3.05) is 27.4 Å². The summed E-state index contributed by atoms with van der Waals surface area (Å²) in [6.07, 6.45) is 3.89. The number of hydrogen-bond acceptors (Lipinski definition) is 6. The Labute approximate surface area is 171 Å². The summed E-state index contributed by atoms with van der Waals surface area (Å²) in [6, 6.07) is 5.90. The number of aryl methyl sites for hydroxylation is 1. The summed E-state index contributed by atoms with van der Waals surface area (Å²) in [5.41, 5.74) is 2.95. The largest absolute Gasteiger partial charge is 0.428 e. The van der Waals surface area contributed by atoms with Gasteiger partial charge in [0.2, 0.25) is 6.79 Å². The Hall–Kier alpha value is -2.67. The molecule has 0 spiro atoms. The molecule has 0 saturated heterocycles. The van der Waals surface area contributed by atoms with Gasteiger partial charge in [-0.05, 0) is 64.9 Å². The summed E-state index contributed by atoms with van der Waals surface area (Å²) in [4.78, 5) is 37.2.